The van der Waals surface area contributed by atoms with Crippen LogP contribution in [0.4, 0.5) is 0 Å². The summed E-state index contributed by atoms with van der Waals surface area (Å²) in [6.45, 7) is 3.00. The Labute approximate surface area is 126 Å². The summed E-state index contributed by atoms with van der Waals surface area (Å²) >= 11 is 0. The van der Waals surface area contributed by atoms with Crippen LogP contribution in [0.5, 0.6) is 0 Å². The Kier molecular flexibility index (Phi) is 5.37. The number of carbonyl (C=O) groups excluding carboxylic acids is 1. The van der Waals surface area contributed by atoms with Crippen LogP contribution < -0.4 is 11.1 Å². The third-order valence-corrected chi connectivity index (χ3v) is 4.64. The van der Waals surface area contributed by atoms with Gasteiger partial charge in [-0.3, -0.25) is 4.79 Å². The van der Waals surface area contributed by atoms with Gasteiger partial charge in [0.1, 0.15) is 0 Å². The first-order chi connectivity index (χ1) is 10.1. The van der Waals surface area contributed by atoms with Gasteiger partial charge in [0.25, 0.3) is 5.91 Å². The molecule has 0 heterocycles. The van der Waals surface area contributed by atoms with E-state index in [1.165, 1.54) is 6.42 Å². The fourth-order valence-electron chi connectivity index (χ4n) is 2.94. The van der Waals surface area contributed by atoms with Gasteiger partial charge in [-0.1, -0.05) is 25.5 Å². The van der Waals surface area contributed by atoms with Gasteiger partial charge in [0.05, 0.1) is 5.60 Å². The van der Waals surface area contributed by atoms with Crippen molar-refractivity contribution in [2.75, 3.05) is 6.54 Å². The standard InChI is InChI=1S/C17H26N2O2/c1-2-13-7-9-17(21,10-8-13)12-19-16(20)15-5-3-14(11-18)4-6-15/h3-6,13,21H,2,7-12,18H2,1H3,(H,19,20). The fourth-order valence-corrected chi connectivity index (χ4v) is 2.94. The number of amides is 1. The van der Waals surface area contributed by atoms with Gasteiger partial charge in [0, 0.05) is 18.7 Å². The van der Waals surface area contributed by atoms with E-state index in [9.17, 15) is 9.90 Å². The molecule has 1 aromatic carbocycles. The van der Waals surface area contributed by atoms with Crippen molar-refractivity contribution in [2.45, 2.75) is 51.2 Å². The Balaban J connectivity index is 1.85. The number of benzene rings is 1. The predicted octanol–water partition coefficient (Wildman–Crippen LogP) is 2.21. The van der Waals surface area contributed by atoms with E-state index >= 15 is 0 Å². The third-order valence-electron chi connectivity index (χ3n) is 4.64. The van der Waals surface area contributed by atoms with Crippen LogP contribution in [-0.2, 0) is 6.54 Å². The molecule has 1 fully saturated rings. The summed E-state index contributed by atoms with van der Waals surface area (Å²) in [5.41, 5.74) is 6.41. The molecule has 2 rings (SSSR count). The summed E-state index contributed by atoms with van der Waals surface area (Å²) in [5, 5.41) is 13.4. The first-order valence-electron chi connectivity index (χ1n) is 7.86. The normalized spacial score (nSPS) is 25.6. The van der Waals surface area contributed by atoms with E-state index in [1.807, 2.05) is 12.1 Å². The summed E-state index contributed by atoms with van der Waals surface area (Å²) in [5.74, 6) is 0.592. The molecule has 4 heteroatoms. The number of rotatable bonds is 5. The van der Waals surface area contributed by atoms with E-state index in [2.05, 4.69) is 12.2 Å². The topological polar surface area (TPSA) is 75.3 Å². The molecule has 4 N–H and O–H groups in total. The minimum atomic E-state index is -0.738. The number of nitrogens with two attached hydrogens (primary N) is 1. The van der Waals surface area contributed by atoms with E-state index in [4.69, 9.17) is 5.73 Å². The maximum atomic E-state index is 12.1. The van der Waals surface area contributed by atoms with Crippen molar-refractivity contribution >= 4 is 5.91 Å². The molecule has 1 aliphatic carbocycles. The largest absolute Gasteiger partial charge is 0.388 e. The maximum absolute atomic E-state index is 12.1. The summed E-state index contributed by atoms with van der Waals surface area (Å²) in [6.07, 6.45) is 4.83. The van der Waals surface area contributed by atoms with Crippen LogP contribution in [0.1, 0.15) is 54.9 Å². The predicted molar refractivity (Wildman–Crippen MR) is 83.9 cm³/mol. The van der Waals surface area contributed by atoms with Gasteiger partial charge in [0.2, 0.25) is 0 Å². The lowest BCUT2D eigenvalue weighted by molar-refractivity contribution is -0.00786. The van der Waals surface area contributed by atoms with Crippen LogP contribution in [0.15, 0.2) is 24.3 Å². The highest BCUT2D eigenvalue weighted by Crippen LogP contribution is 2.33. The van der Waals surface area contributed by atoms with E-state index < -0.39 is 5.60 Å². The van der Waals surface area contributed by atoms with Gasteiger partial charge in [-0.25, -0.2) is 0 Å². The Bertz CT molecular complexity index is 462. The molecule has 1 saturated carbocycles. The molecule has 116 valence electrons. The lowest BCUT2D eigenvalue weighted by Gasteiger charge is -2.35. The number of hydrogen-bond acceptors (Lipinski definition) is 3. The molecule has 1 aromatic rings. The Morgan fingerprint density at radius 1 is 1.33 bits per heavy atom. The minimum absolute atomic E-state index is 0.135. The highest BCUT2D eigenvalue weighted by molar-refractivity contribution is 5.94. The zero-order valence-electron chi connectivity index (χ0n) is 12.8. The lowest BCUT2D eigenvalue weighted by Crippen LogP contribution is -2.45. The van der Waals surface area contributed by atoms with Gasteiger partial charge >= 0.3 is 0 Å². The highest BCUT2D eigenvalue weighted by Gasteiger charge is 2.32. The monoisotopic (exact) mass is 290 g/mol. The van der Waals surface area contributed by atoms with E-state index in [0.29, 0.717) is 18.7 Å². The molecular formula is C17H26N2O2. The summed E-state index contributed by atoms with van der Waals surface area (Å²) in [4.78, 5) is 12.1. The summed E-state index contributed by atoms with van der Waals surface area (Å²) in [7, 11) is 0. The van der Waals surface area contributed by atoms with Crippen LogP contribution in [0.3, 0.4) is 0 Å². The van der Waals surface area contributed by atoms with Crippen molar-refractivity contribution in [1.29, 1.82) is 0 Å². The SMILES string of the molecule is CCC1CCC(O)(CNC(=O)c2ccc(CN)cc2)CC1. The zero-order valence-corrected chi connectivity index (χ0v) is 12.8. The van der Waals surface area contributed by atoms with E-state index in [-0.39, 0.29) is 5.91 Å². The molecule has 4 nitrogen and oxygen atoms in total. The van der Waals surface area contributed by atoms with Gasteiger partial charge in [-0.2, -0.15) is 0 Å². The smallest absolute Gasteiger partial charge is 0.251 e. The minimum Gasteiger partial charge on any atom is -0.388 e. The molecule has 0 atom stereocenters. The van der Waals surface area contributed by atoms with Crippen molar-refractivity contribution < 1.29 is 9.90 Å². The third kappa shape index (κ3) is 4.29. The molecule has 1 amide bonds. The Morgan fingerprint density at radius 3 is 2.48 bits per heavy atom. The van der Waals surface area contributed by atoms with Crippen molar-refractivity contribution in [3.05, 3.63) is 35.4 Å². The summed E-state index contributed by atoms with van der Waals surface area (Å²) < 4.78 is 0. The molecular weight excluding hydrogens is 264 g/mol. The molecule has 0 radical (unpaired) electrons. The number of carbonyl (C=O) groups is 1. The first kappa shape index (κ1) is 16.0. The second-order valence-electron chi connectivity index (χ2n) is 6.16. The summed E-state index contributed by atoms with van der Waals surface area (Å²) in [6, 6.07) is 7.26. The average molecular weight is 290 g/mol. The van der Waals surface area contributed by atoms with Crippen molar-refractivity contribution in [3.63, 3.8) is 0 Å². The molecule has 21 heavy (non-hydrogen) atoms. The molecule has 0 aliphatic heterocycles. The van der Waals surface area contributed by atoms with Crippen LogP contribution in [-0.4, -0.2) is 23.2 Å². The molecule has 0 saturated heterocycles. The average Bonchev–Trinajstić information content (AvgIpc) is 2.53. The van der Waals surface area contributed by atoms with Crippen molar-refractivity contribution in [2.24, 2.45) is 11.7 Å². The Hall–Kier alpha value is -1.39. The van der Waals surface area contributed by atoms with Gasteiger partial charge in [0.15, 0.2) is 0 Å². The molecule has 0 unspecified atom stereocenters. The zero-order chi connectivity index (χ0) is 15.3. The van der Waals surface area contributed by atoms with E-state index in [1.54, 1.807) is 12.1 Å². The van der Waals surface area contributed by atoms with Crippen molar-refractivity contribution in [3.8, 4) is 0 Å². The number of nitrogens with one attached hydrogen (secondary N) is 1. The van der Waals surface area contributed by atoms with E-state index in [0.717, 1.165) is 37.2 Å². The molecule has 0 aromatic heterocycles. The lowest BCUT2D eigenvalue weighted by atomic mass is 9.78. The fraction of sp³-hybridized carbons (Fsp3) is 0.588. The maximum Gasteiger partial charge on any atom is 0.251 e. The van der Waals surface area contributed by atoms with Crippen LogP contribution in [0.2, 0.25) is 0 Å². The van der Waals surface area contributed by atoms with Crippen LogP contribution in [0.25, 0.3) is 0 Å². The Morgan fingerprint density at radius 2 is 1.95 bits per heavy atom. The molecule has 0 bridgehead atoms. The van der Waals surface area contributed by atoms with Crippen LogP contribution >= 0.6 is 0 Å². The van der Waals surface area contributed by atoms with Gasteiger partial charge in [-0.15, -0.1) is 0 Å². The molecule has 1 aliphatic rings. The van der Waals surface area contributed by atoms with Gasteiger partial charge < -0.3 is 16.2 Å². The second-order valence-corrected chi connectivity index (χ2v) is 6.16. The van der Waals surface area contributed by atoms with Crippen molar-refractivity contribution in [1.82, 2.24) is 5.32 Å². The number of aliphatic hydroxyl groups is 1. The highest BCUT2D eigenvalue weighted by atomic mass is 16.3. The van der Waals surface area contributed by atoms with Gasteiger partial charge in [-0.05, 0) is 49.3 Å². The first-order valence-corrected chi connectivity index (χ1v) is 7.86. The van der Waals surface area contributed by atoms with Crippen LogP contribution in [0, 0.1) is 5.92 Å². The number of hydrogen-bond donors (Lipinski definition) is 3. The second kappa shape index (κ2) is 7.05. The quantitative estimate of drug-likeness (QED) is 0.778. The molecule has 0 spiro atoms.